The van der Waals surface area contributed by atoms with E-state index in [0.29, 0.717) is 25.7 Å². The largest absolute Gasteiger partial charge is 0.386 e. The third-order valence-electron chi connectivity index (χ3n) is 4.43. The van der Waals surface area contributed by atoms with Gasteiger partial charge in [0.05, 0.1) is 6.04 Å². The molecule has 2 aromatic carbocycles. The zero-order chi connectivity index (χ0) is 16.3. The van der Waals surface area contributed by atoms with Gasteiger partial charge in [-0.15, -0.1) is 0 Å². The van der Waals surface area contributed by atoms with Gasteiger partial charge in [0.15, 0.2) is 0 Å². The van der Waals surface area contributed by atoms with Gasteiger partial charge in [0, 0.05) is 25.7 Å². The predicted molar refractivity (Wildman–Crippen MR) is 94.4 cm³/mol. The van der Waals surface area contributed by atoms with E-state index in [2.05, 4.69) is 72.6 Å². The molecule has 0 aromatic heterocycles. The first-order valence-corrected chi connectivity index (χ1v) is 8.37. The SMILES string of the molecule is CC(C)NCC1(O)CN(C(c2ccccc2)c2ccccc2)C1. The van der Waals surface area contributed by atoms with Crippen LogP contribution in [0.25, 0.3) is 0 Å². The van der Waals surface area contributed by atoms with Gasteiger partial charge in [0.2, 0.25) is 0 Å². The maximum Gasteiger partial charge on any atom is 0.102 e. The minimum Gasteiger partial charge on any atom is -0.386 e. The Morgan fingerprint density at radius 1 is 0.957 bits per heavy atom. The minimum absolute atomic E-state index is 0.205. The van der Waals surface area contributed by atoms with Gasteiger partial charge < -0.3 is 10.4 Å². The van der Waals surface area contributed by atoms with Gasteiger partial charge in [-0.3, -0.25) is 4.90 Å². The van der Waals surface area contributed by atoms with Crippen LogP contribution in [0.2, 0.25) is 0 Å². The lowest BCUT2D eigenvalue weighted by atomic mass is 9.87. The van der Waals surface area contributed by atoms with E-state index in [4.69, 9.17) is 0 Å². The van der Waals surface area contributed by atoms with Crippen molar-refractivity contribution in [2.24, 2.45) is 0 Å². The summed E-state index contributed by atoms with van der Waals surface area (Å²) in [5.74, 6) is 0. The number of benzene rings is 2. The van der Waals surface area contributed by atoms with Gasteiger partial charge in [0.25, 0.3) is 0 Å². The number of nitrogens with one attached hydrogen (secondary N) is 1. The Labute approximate surface area is 139 Å². The predicted octanol–water partition coefficient (Wildman–Crippen LogP) is 2.82. The van der Waals surface area contributed by atoms with Crippen LogP contribution in [0.1, 0.15) is 31.0 Å². The molecule has 1 heterocycles. The highest BCUT2D eigenvalue weighted by atomic mass is 16.3. The Hall–Kier alpha value is -1.68. The molecule has 1 aliphatic rings. The molecule has 2 N–H and O–H groups in total. The van der Waals surface area contributed by atoms with Gasteiger partial charge in [0.1, 0.15) is 5.60 Å². The lowest BCUT2D eigenvalue weighted by Gasteiger charge is -2.50. The molecule has 0 aliphatic carbocycles. The van der Waals surface area contributed by atoms with E-state index < -0.39 is 5.60 Å². The fraction of sp³-hybridized carbons (Fsp3) is 0.400. The van der Waals surface area contributed by atoms with Crippen LogP contribution in [-0.4, -0.2) is 41.3 Å². The number of rotatable bonds is 6. The van der Waals surface area contributed by atoms with Crippen molar-refractivity contribution < 1.29 is 5.11 Å². The smallest absolute Gasteiger partial charge is 0.102 e. The maximum absolute atomic E-state index is 10.7. The fourth-order valence-electron chi connectivity index (χ4n) is 3.28. The Kier molecular flexibility index (Phi) is 4.81. The maximum atomic E-state index is 10.7. The summed E-state index contributed by atoms with van der Waals surface area (Å²) in [5.41, 5.74) is 1.93. The quantitative estimate of drug-likeness (QED) is 0.861. The van der Waals surface area contributed by atoms with E-state index in [1.165, 1.54) is 11.1 Å². The van der Waals surface area contributed by atoms with E-state index >= 15 is 0 Å². The van der Waals surface area contributed by atoms with Crippen molar-refractivity contribution in [2.75, 3.05) is 19.6 Å². The number of aliphatic hydroxyl groups is 1. The summed E-state index contributed by atoms with van der Waals surface area (Å²) < 4.78 is 0. The molecule has 0 radical (unpaired) electrons. The van der Waals surface area contributed by atoms with Crippen molar-refractivity contribution in [3.05, 3.63) is 71.8 Å². The van der Waals surface area contributed by atoms with Crippen molar-refractivity contribution >= 4 is 0 Å². The molecule has 1 saturated heterocycles. The van der Waals surface area contributed by atoms with Crippen LogP contribution in [0.3, 0.4) is 0 Å². The first kappa shape index (κ1) is 16.2. The molecule has 0 unspecified atom stereocenters. The second-order valence-electron chi connectivity index (χ2n) is 6.89. The first-order valence-electron chi connectivity index (χ1n) is 8.37. The second kappa shape index (κ2) is 6.83. The Bertz CT molecular complexity index is 567. The lowest BCUT2D eigenvalue weighted by Crippen LogP contribution is -2.66. The summed E-state index contributed by atoms with van der Waals surface area (Å²) in [6.07, 6.45) is 0. The second-order valence-corrected chi connectivity index (χ2v) is 6.89. The highest BCUT2D eigenvalue weighted by molar-refractivity contribution is 5.33. The van der Waals surface area contributed by atoms with Crippen LogP contribution in [0.4, 0.5) is 0 Å². The Morgan fingerprint density at radius 2 is 1.43 bits per heavy atom. The van der Waals surface area contributed by atoms with Gasteiger partial charge in [-0.1, -0.05) is 74.5 Å². The number of nitrogens with zero attached hydrogens (tertiary/aromatic N) is 1. The summed E-state index contributed by atoms with van der Waals surface area (Å²) >= 11 is 0. The Morgan fingerprint density at radius 3 is 1.87 bits per heavy atom. The van der Waals surface area contributed by atoms with Crippen LogP contribution in [-0.2, 0) is 0 Å². The summed E-state index contributed by atoms with van der Waals surface area (Å²) in [6.45, 7) is 6.26. The molecule has 0 spiro atoms. The minimum atomic E-state index is -0.619. The van der Waals surface area contributed by atoms with Gasteiger partial charge >= 0.3 is 0 Å². The summed E-state index contributed by atoms with van der Waals surface area (Å²) in [5, 5.41) is 14.0. The van der Waals surface area contributed by atoms with Gasteiger partial charge in [-0.05, 0) is 11.1 Å². The van der Waals surface area contributed by atoms with Crippen LogP contribution >= 0.6 is 0 Å². The number of likely N-dealkylation sites (tertiary alicyclic amines) is 1. The van der Waals surface area contributed by atoms with E-state index in [1.807, 2.05) is 12.1 Å². The summed E-state index contributed by atoms with van der Waals surface area (Å²) in [7, 11) is 0. The molecule has 0 amide bonds. The summed E-state index contributed by atoms with van der Waals surface area (Å²) in [4.78, 5) is 2.35. The highest BCUT2D eigenvalue weighted by Gasteiger charge is 2.44. The lowest BCUT2D eigenvalue weighted by molar-refractivity contribution is -0.108. The molecule has 0 atom stereocenters. The molecule has 3 rings (SSSR count). The van der Waals surface area contributed by atoms with Crippen molar-refractivity contribution in [3.8, 4) is 0 Å². The zero-order valence-corrected chi connectivity index (χ0v) is 13.9. The van der Waals surface area contributed by atoms with Crippen molar-refractivity contribution in [2.45, 2.75) is 31.5 Å². The van der Waals surface area contributed by atoms with Gasteiger partial charge in [-0.2, -0.15) is 0 Å². The van der Waals surface area contributed by atoms with E-state index in [0.717, 1.165) is 0 Å². The molecule has 122 valence electrons. The molecule has 0 bridgehead atoms. The fourth-order valence-corrected chi connectivity index (χ4v) is 3.28. The average molecular weight is 310 g/mol. The highest BCUT2D eigenvalue weighted by Crippen LogP contribution is 2.35. The first-order chi connectivity index (χ1) is 11.1. The van der Waals surface area contributed by atoms with E-state index in [9.17, 15) is 5.11 Å². The van der Waals surface area contributed by atoms with E-state index in [1.54, 1.807) is 0 Å². The zero-order valence-electron chi connectivity index (χ0n) is 13.9. The molecular weight excluding hydrogens is 284 g/mol. The molecule has 3 heteroatoms. The van der Waals surface area contributed by atoms with Gasteiger partial charge in [-0.25, -0.2) is 0 Å². The standard InChI is InChI=1S/C20H26N2O/c1-16(2)21-13-20(23)14-22(15-20)19(17-9-5-3-6-10-17)18-11-7-4-8-12-18/h3-12,16,19,21,23H,13-15H2,1-2H3. The monoisotopic (exact) mass is 310 g/mol. The van der Waals surface area contributed by atoms with Crippen LogP contribution in [0.5, 0.6) is 0 Å². The topological polar surface area (TPSA) is 35.5 Å². The molecule has 3 nitrogen and oxygen atoms in total. The number of hydrogen-bond acceptors (Lipinski definition) is 3. The molecular formula is C20H26N2O. The third-order valence-corrected chi connectivity index (χ3v) is 4.43. The number of hydrogen-bond donors (Lipinski definition) is 2. The summed E-state index contributed by atoms with van der Waals surface area (Å²) in [6, 6.07) is 21.7. The normalized spacial score (nSPS) is 17.4. The molecule has 1 fully saturated rings. The third kappa shape index (κ3) is 3.81. The molecule has 2 aromatic rings. The van der Waals surface area contributed by atoms with Crippen LogP contribution in [0, 0.1) is 0 Å². The average Bonchev–Trinajstić information content (AvgIpc) is 2.54. The van der Waals surface area contributed by atoms with Crippen molar-refractivity contribution in [1.29, 1.82) is 0 Å². The van der Waals surface area contributed by atoms with Crippen LogP contribution in [0.15, 0.2) is 60.7 Å². The Balaban J connectivity index is 1.77. The van der Waals surface area contributed by atoms with Crippen molar-refractivity contribution in [1.82, 2.24) is 10.2 Å². The molecule has 23 heavy (non-hydrogen) atoms. The van der Waals surface area contributed by atoms with Crippen LogP contribution < -0.4 is 5.32 Å². The van der Waals surface area contributed by atoms with Crippen molar-refractivity contribution in [3.63, 3.8) is 0 Å². The number of β-amino-alcohol motifs (C(OH)–C–C–N with tert-alkyl or cyclic N) is 1. The molecule has 0 saturated carbocycles. The molecule has 1 aliphatic heterocycles. The van der Waals surface area contributed by atoms with E-state index in [-0.39, 0.29) is 6.04 Å².